The second-order valence-corrected chi connectivity index (χ2v) is 2.99. The molecule has 0 aliphatic carbocycles. The number of aliphatic imine (C=N–C) groups is 1. The van der Waals surface area contributed by atoms with E-state index in [4.69, 9.17) is 5.73 Å². The monoisotopic (exact) mass is 126 g/mol. The van der Waals surface area contributed by atoms with Crippen LogP contribution in [0.1, 0.15) is 20.3 Å². The molecule has 9 heavy (non-hydrogen) atoms. The molecule has 2 N–H and O–H groups in total. The van der Waals surface area contributed by atoms with Crippen LogP contribution in [0.25, 0.3) is 0 Å². The second-order valence-electron chi connectivity index (χ2n) is 2.99. The van der Waals surface area contributed by atoms with Crippen LogP contribution in [0.5, 0.6) is 0 Å². The normalized spacial score (nSPS) is 36.0. The first-order chi connectivity index (χ1) is 4.20. The fourth-order valence-electron chi connectivity index (χ4n) is 1.04. The van der Waals surface area contributed by atoms with E-state index in [0.29, 0.717) is 0 Å². The first-order valence-corrected chi connectivity index (χ1v) is 3.49. The second kappa shape index (κ2) is 2.38. The van der Waals surface area contributed by atoms with Crippen LogP contribution in [-0.4, -0.2) is 12.4 Å². The van der Waals surface area contributed by atoms with Crippen LogP contribution >= 0.6 is 0 Å². The number of hydrogen-bond acceptors (Lipinski definition) is 2. The fourth-order valence-corrected chi connectivity index (χ4v) is 1.04. The maximum atomic E-state index is 5.54. The summed E-state index contributed by atoms with van der Waals surface area (Å²) in [5.74, 6) is 2.28. The van der Waals surface area contributed by atoms with E-state index < -0.39 is 0 Å². The van der Waals surface area contributed by atoms with Crippen molar-refractivity contribution in [2.24, 2.45) is 22.6 Å². The fraction of sp³-hybridized carbons (Fsp3) is 0.857. The largest absolute Gasteiger partial charge is 0.387 e. The third-order valence-electron chi connectivity index (χ3n) is 2.08. The van der Waals surface area contributed by atoms with Gasteiger partial charge >= 0.3 is 0 Å². The van der Waals surface area contributed by atoms with Crippen LogP contribution < -0.4 is 5.73 Å². The Morgan fingerprint density at radius 1 is 1.44 bits per heavy atom. The standard InChI is InChI=1S/C7H14N2/c1-5-3-7(8)9-4-6(5)2/h5-6H,3-4H2,1-2H3,(H2,8,9)/t5-,6+/m0/s1. The number of nitrogens with two attached hydrogens (primary N) is 1. The molecule has 0 spiro atoms. The smallest absolute Gasteiger partial charge is 0.0939 e. The molecule has 0 unspecified atom stereocenters. The summed E-state index contributed by atoms with van der Waals surface area (Å²) >= 11 is 0. The summed E-state index contributed by atoms with van der Waals surface area (Å²) in [4.78, 5) is 4.16. The van der Waals surface area contributed by atoms with Crippen molar-refractivity contribution >= 4 is 5.84 Å². The van der Waals surface area contributed by atoms with Gasteiger partial charge in [-0.05, 0) is 11.8 Å². The third kappa shape index (κ3) is 1.44. The van der Waals surface area contributed by atoms with Gasteiger partial charge in [-0.3, -0.25) is 4.99 Å². The lowest BCUT2D eigenvalue weighted by molar-refractivity contribution is 0.391. The molecule has 0 aromatic rings. The van der Waals surface area contributed by atoms with E-state index in [1.165, 1.54) is 0 Å². The molecule has 1 rings (SSSR count). The van der Waals surface area contributed by atoms with Crippen molar-refractivity contribution in [3.63, 3.8) is 0 Å². The Bertz CT molecular complexity index is 129. The molecule has 1 aliphatic heterocycles. The molecule has 0 radical (unpaired) electrons. The minimum absolute atomic E-state index is 0.720. The minimum Gasteiger partial charge on any atom is -0.387 e. The van der Waals surface area contributed by atoms with E-state index in [-0.39, 0.29) is 0 Å². The molecular formula is C7H14N2. The lowest BCUT2D eigenvalue weighted by atomic mass is 9.90. The van der Waals surface area contributed by atoms with Gasteiger partial charge in [0.2, 0.25) is 0 Å². The Hall–Kier alpha value is -0.530. The van der Waals surface area contributed by atoms with Crippen molar-refractivity contribution in [1.82, 2.24) is 0 Å². The maximum absolute atomic E-state index is 5.54. The van der Waals surface area contributed by atoms with Crippen molar-refractivity contribution in [3.8, 4) is 0 Å². The van der Waals surface area contributed by atoms with Crippen molar-refractivity contribution < 1.29 is 0 Å². The molecular weight excluding hydrogens is 112 g/mol. The SMILES string of the molecule is C[C@@H]1CN=C(N)C[C@@H]1C. The van der Waals surface area contributed by atoms with Crippen molar-refractivity contribution in [3.05, 3.63) is 0 Å². The van der Waals surface area contributed by atoms with Crippen molar-refractivity contribution in [2.75, 3.05) is 6.54 Å². The average molecular weight is 126 g/mol. The number of rotatable bonds is 0. The highest BCUT2D eigenvalue weighted by Gasteiger charge is 2.16. The van der Waals surface area contributed by atoms with Gasteiger partial charge in [0, 0.05) is 13.0 Å². The van der Waals surface area contributed by atoms with E-state index in [0.717, 1.165) is 30.6 Å². The molecule has 2 nitrogen and oxygen atoms in total. The highest BCUT2D eigenvalue weighted by Crippen LogP contribution is 2.18. The average Bonchev–Trinajstić information content (AvgIpc) is 1.80. The zero-order valence-corrected chi connectivity index (χ0v) is 6.09. The van der Waals surface area contributed by atoms with Gasteiger partial charge in [-0.25, -0.2) is 0 Å². The predicted molar refractivity (Wildman–Crippen MR) is 39.4 cm³/mol. The Labute approximate surface area is 56.2 Å². The molecule has 0 aromatic heterocycles. The Kier molecular flexibility index (Phi) is 1.74. The summed E-state index contributed by atoms with van der Waals surface area (Å²) in [7, 11) is 0. The third-order valence-corrected chi connectivity index (χ3v) is 2.08. The first-order valence-electron chi connectivity index (χ1n) is 3.49. The first kappa shape index (κ1) is 6.59. The van der Waals surface area contributed by atoms with Crippen LogP contribution in [0.2, 0.25) is 0 Å². The van der Waals surface area contributed by atoms with Crippen LogP contribution in [-0.2, 0) is 0 Å². The van der Waals surface area contributed by atoms with Gasteiger partial charge in [0.15, 0.2) is 0 Å². The van der Waals surface area contributed by atoms with Crippen LogP contribution in [0.4, 0.5) is 0 Å². The molecule has 1 heterocycles. The van der Waals surface area contributed by atoms with Crippen molar-refractivity contribution in [1.29, 1.82) is 0 Å². The zero-order valence-electron chi connectivity index (χ0n) is 6.09. The number of nitrogens with zero attached hydrogens (tertiary/aromatic N) is 1. The molecule has 0 saturated carbocycles. The predicted octanol–water partition coefficient (Wildman–Crippen LogP) is 1.02. The van der Waals surface area contributed by atoms with Crippen molar-refractivity contribution in [2.45, 2.75) is 20.3 Å². The maximum Gasteiger partial charge on any atom is 0.0939 e. The Morgan fingerprint density at radius 2 is 2.11 bits per heavy atom. The molecule has 0 saturated heterocycles. The molecule has 52 valence electrons. The van der Waals surface area contributed by atoms with Gasteiger partial charge in [-0.1, -0.05) is 13.8 Å². The number of amidine groups is 1. The van der Waals surface area contributed by atoms with E-state index >= 15 is 0 Å². The van der Waals surface area contributed by atoms with Crippen LogP contribution in [0.15, 0.2) is 4.99 Å². The Balaban J connectivity index is 2.54. The summed E-state index contributed by atoms with van der Waals surface area (Å²) in [6, 6.07) is 0. The lowest BCUT2D eigenvalue weighted by Crippen LogP contribution is -2.26. The summed E-state index contributed by atoms with van der Waals surface area (Å²) in [5, 5.41) is 0. The quantitative estimate of drug-likeness (QED) is 0.517. The zero-order chi connectivity index (χ0) is 6.85. The van der Waals surface area contributed by atoms with Gasteiger partial charge < -0.3 is 5.73 Å². The van der Waals surface area contributed by atoms with Gasteiger partial charge in [-0.2, -0.15) is 0 Å². The molecule has 0 amide bonds. The summed E-state index contributed by atoms with van der Waals surface area (Å²) in [5.41, 5.74) is 5.54. The van der Waals surface area contributed by atoms with E-state index in [1.54, 1.807) is 0 Å². The summed E-state index contributed by atoms with van der Waals surface area (Å²) in [6.07, 6.45) is 0.987. The van der Waals surface area contributed by atoms with Gasteiger partial charge in [0.05, 0.1) is 5.84 Å². The Morgan fingerprint density at radius 3 is 2.56 bits per heavy atom. The van der Waals surface area contributed by atoms with Gasteiger partial charge in [-0.15, -0.1) is 0 Å². The highest BCUT2D eigenvalue weighted by atomic mass is 14.9. The molecule has 1 aliphatic rings. The lowest BCUT2D eigenvalue weighted by Gasteiger charge is -2.22. The highest BCUT2D eigenvalue weighted by molar-refractivity contribution is 5.81. The van der Waals surface area contributed by atoms with Gasteiger partial charge in [0.1, 0.15) is 0 Å². The summed E-state index contributed by atoms with van der Waals surface area (Å²) < 4.78 is 0. The van der Waals surface area contributed by atoms with Crippen LogP contribution in [0.3, 0.4) is 0 Å². The van der Waals surface area contributed by atoms with E-state index in [1.807, 2.05) is 0 Å². The number of hydrogen-bond donors (Lipinski definition) is 1. The molecule has 0 fully saturated rings. The van der Waals surface area contributed by atoms with E-state index in [2.05, 4.69) is 18.8 Å². The molecule has 0 aromatic carbocycles. The van der Waals surface area contributed by atoms with Gasteiger partial charge in [0.25, 0.3) is 0 Å². The summed E-state index contributed by atoms with van der Waals surface area (Å²) in [6.45, 7) is 5.37. The molecule has 2 heteroatoms. The molecule has 2 atom stereocenters. The molecule has 0 bridgehead atoms. The van der Waals surface area contributed by atoms with E-state index in [9.17, 15) is 0 Å². The topological polar surface area (TPSA) is 38.4 Å². The van der Waals surface area contributed by atoms with Crippen LogP contribution in [0, 0.1) is 11.8 Å². The minimum atomic E-state index is 0.720.